The molecule has 0 saturated carbocycles. The lowest BCUT2D eigenvalue weighted by Gasteiger charge is -2.16. The Morgan fingerprint density at radius 1 is 0.769 bits per heavy atom. The van der Waals surface area contributed by atoms with E-state index in [2.05, 4.69) is 28.8 Å². The molecule has 0 aliphatic carbocycles. The van der Waals surface area contributed by atoms with E-state index < -0.39 is 0 Å². The van der Waals surface area contributed by atoms with Crippen molar-refractivity contribution in [2.75, 3.05) is 24.9 Å². The van der Waals surface area contributed by atoms with Gasteiger partial charge in [-0.2, -0.15) is 0 Å². The quantitative estimate of drug-likeness (QED) is 0.611. The van der Waals surface area contributed by atoms with E-state index in [1.54, 1.807) is 14.2 Å². The summed E-state index contributed by atoms with van der Waals surface area (Å²) in [6.45, 7) is 0. The maximum Gasteiger partial charge on any atom is 0.175 e. The van der Waals surface area contributed by atoms with E-state index in [1.807, 2.05) is 54.6 Å². The lowest BCUT2D eigenvalue weighted by Crippen LogP contribution is -2.20. The Kier molecular flexibility index (Phi) is 5.71. The van der Waals surface area contributed by atoms with Gasteiger partial charge in [0.15, 0.2) is 5.11 Å². The van der Waals surface area contributed by atoms with Crippen molar-refractivity contribution in [1.82, 2.24) is 0 Å². The van der Waals surface area contributed by atoms with Crippen LogP contribution in [0.3, 0.4) is 0 Å². The monoisotopic (exact) mass is 364 g/mol. The van der Waals surface area contributed by atoms with Crippen LogP contribution in [0.1, 0.15) is 0 Å². The third kappa shape index (κ3) is 4.13. The molecule has 2 N–H and O–H groups in total. The minimum Gasteiger partial charge on any atom is -0.497 e. The molecule has 132 valence electrons. The second-order valence-corrected chi connectivity index (χ2v) is 5.97. The highest BCUT2D eigenvalue weighted by atomic mass is 32.1. The minimum atomic E-state index is 0.472. The largest absolute Gasteiger partial charge is 0.497 e. The summed E-state index contributed by atoms with van der Waals surface area (Å²) >= 11 is 5.50. The first-order valence-electron chi connectivity index (χ1n) is 8.15. The molecule has 0 radical (unpaired) electrons. The van der Waals surface area contributed by atoms with Crippen LogP contribution in [0.4, 0.5) is 11.4 Å². The van der Waals surface area contributed by atoms with Gasteiger partial charge in [-0.05, 0) is 36.0 Å². The summed E-state index contributed by atoms with van der Waals surface area (Å²) in [5, 5.41) is 6.92. The number of hydrogen-bond acceptors (Lipinski definition) is 3. The Morgan fingerprint density at radius 2 is 1.46 bits per heavy atom. The molecule has 0 spiro atoms. The zero-order valence-corrected chi connectivity index (χ0v) is 15.5. The summed E-state index contributed by atoms with van der Waals surface area (Å²) < 4.78 is 10.7. The fourth-order valence-corrected chi connectivity index (χ4v) is 2.87. The first-order valence-corrected chi connectivity index (χ1v) is 8.56. The van der Waals surface area contributed by atoms with Gasteiger partial charge in [0, 0.05) is 17.3 Å². The number of para-hydroxylation sites is 1. The van der Waals surface area contributed by atoms with E-state index in [0.717, 1.165) is 28.3 Å². The summed E-state index contributed by atoms with van der Waals surface area (Å²) in [7, 11) is 3.24. The molecule has 3 rings (SSSR count). The maximum absolute atomic E-state index is 5.50. The number of methoxy groups -OCH3 is 2. The van der Waals surface area contributed by atoms with E-state index in [-0.39, 0.29) is 0 Å². The second-order valence-electron chi connectivity index (χ2n) is 5.56. The highest BCUT2D eigenvalue weighted by Crippen LogP contribution is 2.30. The molecule has 0 amide bonds. The van der Waals surface area contributed by atoms with E-state index in [4.69, 9.17) is 21.7 Å². The van der Waals surface area contributed by atoms with Gasteiger partial charge in [0.2, 0.25) is 0 Å². The lowest BCUT2D eigenvalue weighted by atomic mass is 10.0. The fourth-order valence-electron chi connectivity index (χ4n) is 2.65. The number of anilines is 2. The standard InChI is InChI=1S/C21H20N2O2S/c1-24-16-12-13-20(25-2)19(14-16)23-21(26)22-18-11-7-6-10-17(18)15-8-4-3-5-9-15/h3-14H,1-2H3,(H2,22,23,26). The summed E-state index contributed by atoms with van der Waals surface area (Å²) in [5.41, 5.74) is 3.87. The third-order valence-electron chi connectivity index (χ3n) is 3.91. The van der Waals surface area contributed by atoms with Gasteiger partial charge in [-0.1, -0.05) is 48.5 Å². The summed E-state index contributed by atoms with van der Waals surface area (Å²) in [4.78, 5) is 0. The first-order chi connectivity index (χ1) is 12.7. The van der Waals surface area contributed by atoms with Crippen molar-refractivity contribution in [3.63, 3.8) is 0 Å². The van der Waals surface area contributed by atoms with Gasteiger partial charge in [0.1, 0.15) is 11.5 Å². The molecule has 0 saturated heterocycles. The third-order valence-corrected chi connectivity index (χ3v) is 4.12. The van der Waals surface area contributed by atoms with Gasteiger partial charge in [-0.3, -0.25) is 0 Å². The van der Waals surface area contributed by atoms with E-state index in [9.17, 15) is 0 Å². The number of nitrogens with one attached hydrogen (secondary N) is 2. The minimum absolute atomic E-state index is 0.472. The van der Waals surface area contributed by atoms with Crippen LogP contribution in [0.5, 0.6) is 11.5 Å². The van der Waals surface area contributed by atoms with Crippen LogP contribution in [-0.2, 0) is 0 Å². The van der Waals surface area contributed by atoms with E-state index >= 15 is 0 Å². The van der Waals surface area contributed by atoms with Crippen molar-refractivity contribution in [1.29, 1.82) is 0 Å². The Bertz CT molecular complexity index is 898. The molecule has 4 nitrogen and oxygen atoms in total. The zero-order valence-electron chi connectivity index (χ0n) is 14.7. The highest BCUT2D eigenvalue weighted by molar-refractivity contribution is 7.80. The molecular weight excluding hydrogens is 344 g/mol. The Morgan fingerprint density at radius 3 is 2.19 bits per heavy atom. The smallest absolute Gasteiger partial charge is 0.175 e. The molecular formula is C21H20N2O2S. The van der Waals surface area contributed by atoms with Gasteiger partial charge < -0.3 is 20.1 Å². The zero-order chi connectivity index (χ0) is 18.4. The summed E-state index contributed by atoms with van der Waals surface area (Å²) in [6.07, 6.45) is 0. The van der Waals surface area contributed by atoms with Crippen LogP contribution in [0.15, 0.2) is 72.8 Å². The fraction of sp³-hybridized carbons (Fsp3) is 0.0952. The molecule has 5 heteroatoms. The van der Waals surface area contributed by atoms with Crippen LogP contribution in [-0.4, -0.2) is 19.3 Å². The number of rotatable bonds is 5. The van der Waals surface area contributed by atoms with Crippen LogP contribution in [0, 0.1) is 0 Å². The van der Waals surface area contributed by atoms with E-state index in [1.165, 1.54) is 0 Å². The van der Waals surface area contributed by atoms with Gasteiger partial charge in [0.05, 0.1) is 19.9 Å². The molecule has 0 fully saturated rings. The number of thiocarbonyl (C=S) groups is 1. The molecule has 26 heavy (non-hydrogen) atoms. The van der Waals surface area contributed by atoms with Crippen molar-refractivity contribution in [2.45, 2.75) is 0 Å². The average Bonchev–Trinajstić information content (AvgIpc) is 2.69. The number of hydrogen-bond donors (Lipinski definition) is 2. The van der Waals surface area contributed by atoms with Crippen LogP contribution < -0.4 is 20.1 Å². The van der Waals surface area contributed by atoms with Crippen molar-refractivity contribution < 1.29 is 9.47 Å². The van der Waals surface area contributed by atoms with Crippen LogP contribution >= 0.6 is 12.2 Å². The van der Waals surface area contributed by atoms with Gasteiger partial charge >= 0.3 is 0 Å². The molecule has 0 aliphatic heterocycles. The lowest BCUT2D eigenvalue weighted by molar-refractivity contribution is 0.405. The predicted octanol–water partition coefficient (Wildman–Crippen LogP) is 5.18. The Balaban J connectivity index is 1.82. The number of ether oxygens (including phenoxy) is 2. The molecule has 3 aromatic carbocycles. The Hall–Kier alpha value is -3.05. The molecule has 0 unspecified atom stereocenters. The Labute approximate surface area is 158 Å². The van der Waals surface area contributed by atoms with Crippen molar-refractivity contribution in [3.05, 3.63) is 72.8 Å². The molecule has 0 heterocycles. The second kappa shape index (κ2) is 8.36. The van der Waals surface area contributed by atoms with Crippen molar-refractivity contribution >= 4 is 28.7 Å². The van der Waals surface area contributed by atoms with Gasteiger partial charge in [0.25, 0.3) is 0 Å². The molecule has 0 bridgehead atoms. The number of benzene rings is 3. The average molecular weight is 364 g/mol. The molecule has 0 aromatic heterocycles. The summed E-state index contributed by atoms with van der Waals surface area (Å²) in [5.74, 6) is 1.41. The van der Waals surface area contributed by atoms with Crippen molar-refractivity contribution in [3.8, 4) is 22.6 Å². The SMILES string of the molecule is COc1ccc(OC)c(NC(=S)Nc2ccccc2-c2ccccc2)c1. The molecule has 3 aromatic rings. The van der Waals surface area contributed by atoms with Crippen LogP contribution in [0.2, 0.25) is 0 Å². The van der Waals surface area contributed by atoms with E-state index in [0.29, 0.717) is 10.9 Å². The van der Waals surface area contributed by atoms with Gasteiger partial charge in [-0.25, -0.2) is 0 Å². The summed E-state index contributed by atoms with van der Waals surface area (Å²) in [6, 6.07) is 23.7. The highest BCUT2D eigenvalue weighted by Gasteiger charge is 2.09. The molecule has 0 atom stereocenters. The normalized spacial score (nSPS) is 10.1. The topological polar surface area (TPSA) is 42.5 Å². The predicted molar refractivity (Wildman–Crippen MR) is 111 cm³/mol. The van der Waals surface area contributed by atoms with Crippen molar-refractivity contribution in [2.24, 2.45) is 0 Å². The maximum atomic E-state index is 5.50. The molecule has 0 aliphatic rings. The first kappa shape index (κ1) is 17.8. The van der Waals surface area contributed by atoms with Crippen LogP contribution in [0.25, 0.3) is 11.1 Å². The van der Waals surface area contributed by atoms with Gasteiger partial charge in [-0.15, -0.1) is 0 Å².